The molecule has 17 nitrogen and oxygen atoms in total. The summed E-state index contributed by atoms with van der Waals surface area (Å²) in [4.78, 5) is 72.3. The van der Waals surface area contributed by atoms with Crippen LogP contribution in [0.15, 0.2) is 0 Å². The Morgan fingerprint density at radius 1 is 0.326 bits per heavy atom. The number of unbranched alkanes of at least 4 members (excludes halogenated alkanes) is 29. The van der Waals surface area contributed by atoms with E-state index in [0.717, 1.165) is 108 Å². The number of aliphatic hydroxyl groups excluding tert-OH is 1. The van der Waals surface area contributed by atoms with Gasteiger partial charge in [0.1, 0.15) is 19.3 Å². The minimum absolute atomic E-state index is 0.101. The molecule has 0 aliphatic heterocycles. The number of phosphoric ester groups is 2. The molecule has 6 atom stereocenters. The largest absolute Gasteiger partial charge is 0.472 e. The summed E-state index contributed by atoms with van der Waals surface area (Å²) in [6.45, 7) is 14.0. The minimum Gasteiger partial charge on any atom is -0.462 e. The van der Waals surface area contributed by atoms with Crippen molar-refractivity contribution in [2.24, 2.45) is 23.7 Å². The maximum atomic E-state index is 13.0. The summed E-state index contributed by atoms with van der Waals surface area (Å²) < 4.78 is 68.1. The van der Waals surface area contributed by atoms with Crippen molar-refractivity contribution >= 4 is 39.5 Å². The number of phosphoric acid groups is 2. The van der Waals surface area contributed by atoms with Crippen molar-refractivity contribution in [1.29, 1.82) is 0 Å². The fourth-order valence-electron chi connectivity index (χ4n) is 9.93. The molecular formula is C67H130O17P2. The van der Waals surface area contributed by atoms with E-state index in [9.17, 15) is 43.2 Å². The molecule has 0 aliphatic carbocycles. The van der Waals surface area contributed by atoms with E-state index in [2.05, 4.69) is 55.4 Å². The lowest BCUT2D eigenvalue weighted by Crippen LogP contribution is -2.30. The second-order valence-electron chi connectivity index (χ2n) is 25.9. The average Bonchev–Trinajstić information content (AvgIpc) is 3.47. The zero-order chi connectivity index (χ0) is 63.9. The van der Waals surface area contributed by atoms with Gasteiger partial charge in [0.2, 0.25) is 0 Å². The van der Waals surface area contributed by atoms with Gasteiger partial charge < -0.3 is 33.8 Å². The first-order valence-electron chi connectivity index (χ1n) is 34.7. The summed E-state index contributed by atoms with van der Waals surface area (Å²) in [5.74, 6) is 0.800. The molecular weight excluding hydrogens is 1140 g/mol. The molecule has 0 aromatic carbocycles. The highest BCUT2D eigenvalue weighted by molar-refractivity contribution is 7.47. The van der Waals surface area contributed by atoms with Crippen molar-refractivity contribution < 1.29 is 80.2 Å². The van der Waals surface area contributed by atoms with E-state index >= 15 is 0 Å². The van der Waals surface area contributed by atoms with Crippen molar-refractivity contribution in [3.8, 4) is 0 Å². The predicted octanol–water partition coefficient (Wildman–Crippen LogP) is 18.5. The molecule has 0 bridgehead atoms. The quantitative estimate of drug-likeness (QED) is 0.0222. The van der Waals surface area contributed by atoms with Crippen LogP contribution in [0.1, 0.15) is 325 Å². The van der Waals surface area contributed by atoms with E-state index in [1.165, 1.54) is 128 Å². The number of carbonyl (C=O) groups is 4. The van der Waals surface area contributed by atoms with Gasteiger partial charge in [0.25, 0.3) is 0 Å². The Bertz CT molecular complexity index is 1720. The van der Waals surface area contributed by atoms with Crippen LogP contribution in [-0.2, 0) is 65.4 Å². The minimum atomic E-state index is -4.95. The fourth-order valence-corrected chi connectivity index (χ4v) is 11.5. The van der Waals surface area contributed by atoms with Crippen LogP contribution in [0, 0.1) is 23.7 Å². The maximum Gasteiger partial charge on any atom is 0.472 e. The Balaban J connectivity index is 5.25. The van der Waals surface area contributed by atoms with E-state index < -0.39 is 97.5 Å². The Kier molecular flexibility index (Phi) is 55.7. The molecule has 0 saturated heterocycles. The van der Waals surface area contributed by atoms with Gasteiger partial charge in [-0.05, 0) is 49.4 Å². The highest BCUT2D eigenvalue weighted by Crippen LogP contribution is 2.45. The number of hydrogen-bond acceptors (Lipinski definition) is 15. The van der Waals surface area contributed by atoms with Crippen LogP contribution in [0.5, 0.6) is 0 Å². The van der Waals surface area contributed by atoms with E-state index in [4.69, 9.17) is 37.0 Å². The number of carbonyl (C=O) groups excluding carboxylic acids is 4. The number of hydrogen-bond donors (Lipinski definition) is 3. The van der Waals surface area contributed by atoms with Gasteiger partial charge in [-0.2, -0.15) is 0 Å². The van der Waals surface area contributed by atoms with Gasteiger partial charge in [0.15, 0.2) is 12.2 Å². The van der Waals surface area contributed by atoms with Crippen LogP contribution in [0.2, 0.25) is 0 Å². The first kappa shape index (κ1) is 84.1. The third-order valence-electron chi connectivity index (χ3n) is 15.7. The molecule has 0 fully saturated rings. The van der Waals surface area contributed by atoms with E-state index in [-0.39, 0.29) is 25.7 Å². The standard InChI is InChI=1S/C67H130O17P2/c1-9-60(8)46-38-30-21-16-18-23-32-40-48-65(70)77-53-62(83-66(71)49-41-33-24-14-12-10-11-13-19-27-35-43-57(2)3)55-81-85(73,74)79-51-61(68)52-80-86(75,76)82-56-63(84-67(72)50-42-34-26-25-29-37-45-59(6)7)54-78-64(69)47-39-31-22-17-15-20-28-36-44-58(4)5/h57-63,68H,9-56H2,1-8H3,(H,73,74)(H,75,76)/t60?,61?,62-,63-/m1/s1. The smallest absolute Gasteiger partial charge is 0.462 e. The van der Waals surface area contributed by atoms with Gasteiger partial charge in [-0.25, -0.2) is 9.13 Å². The van der Waals surface area contributed by atoms with Gasteiger partial charge in [0.05, 0.1) is 26.4 Å². The van der Waals surface area contributed by atoms with Crippen molar-refractivity contribution in [3.63, 3.8) is 0 Å². The Hall–Kier alpha value is -1.94. The summed E-state index contributed by atoms with van der Waals surface area (Å²) in [5.41, 5.74) is 0. The number of esters is 4. The van der Waals surface area contributed by atoms with E-state index in [1.807, 2.05) is 0 Å². The molecule has 4 unspecified atom stereocenters. The number of ether oxygens (including phenoxy) is 4. The molecule has 0 saturated carbocycles. The Labute approximate surface area is 524 Å². The second kappa shape index (κ2) is 57.0. The molecule has 0 aromatic rings. The molecule has 3 N–H and O–H groups in total. The molecule has 0 aromatic heterocycles. The first-order valence-corrected chi connectivity index (χ1v) is 37.7. The lowest BCUT2D eigenvalue weighted by atomic mass is 9.99. The summed E-state index contributed by atoms with van der Waals surface area (Å²) in [7, 11) is -9.90. The molecule has 0 heterocycles. The van der Waals surface area contributed by atoms with Crippen LogP contribution in [0.3, 0.4) is 0 Å². The zero-order valence-electron chi connectivity index (χ0n) is 55.9. The van der Waals surface area contributed by atoms with Crippen molar-refractivity contribution in [3.05, 3.63) is 0 Å². The Morgan fingerprint density at radius 2 is 0.558 bits per heavy atom. The average molecular weight is 1270 g/mol. The normalized spacial score (nSPS) is 14.7. The SMILES string of the molecule is CCC(C)CCCCCCCCCCC(=O)OC[C@H](COP(=O)(O)OCC(O)COP(=O)(O)OC[C@@H](COC(=O)CCCCCCCCCCC(C)C)OC(=O)CCCCCCCCC(C)C)OC(=O)CCCCCCCCCCCCCC(C)C. The lowest BCUT2D eigenvalue weighted by Gasteiger charge is -2.21. The molecule has 510 valence electrons. The summed E-state index contributed by atoms with van der Waals surface area (Å²) >= 11 is 0. The molecule has 86 heavy (non-hydrogen) atoms. The van der Waals surface area contributed by atoms with Crippen LogP contribution in [0.4, 0.5) is 0 Å². The molecule has 0 radical (unpaired) electrons. The molecule has 19 heteroatoms. The summed E-state index contributed by atoms with van der Waals surface area (Å²) in [6, 6.07) is 0. The summed E-state index contributed by atoms with van der Waals surface area (Å²) in [5, 5.41) is 10.6. The highest BCUT2D eigenvalue weighted by atomic mass is 31.2. The zero-order valence-corrected chi connectivity index (χ0v) is 57.7. The summed E-state index contributed by atoms with van der Waals surface area (Å²) in [6.07, 6.45) is 37.7. The van der Waals surface area contributed by atoms with Crippen LogP contribution in [-0.4, -0.2) is 96.7 Å². The maximum absolute atomic E-state index is 13.0. The van der Waals surface area contributed by atoms with Gasteiger partial charge in [-0.1, -0.05) is 274 Å². The third kappa shape index (κ3) is 59.7. The molecule has 0 aliphatic rings. The predicted molar refractivity (Wildman–Crippen MR) is 344 cm³/mol. The number of aliphatic hydroxyl groups is 1. The van der Waals surface area contributed by atoms with Gasteiger partial charge in [-0.15, -0.1) is 0 Å². The van der Waals surface area contributed by atoms with Gasteiger partial charge >= 0.3 is 39.5 Å². The van der Waals surface area contributed by atoms with Crippen molar-refractivity contribution in [2.45, 2.75) is 343 Å². The molecule has 0 spiro atoms. The fraction of sp³-hybridized carbons (Fsp3) is 0.940. The van der Waals surface area contributed by atoms with Crippen LogP contribution in [0.25, 0.3) is 0 Å². The second-order valence-corrected chi connectivity index (χ2v) is 28.8. The van der Waals surface area contributed by atoms with Gasteiger partial charge in [-0.3, -0.25) is 37.3 Å². The Morgan fingerprint density at radius 3 is 0.826 bits per heavy atom. The first-order chi connectivity index (χ1) is 41.1. The topological polar surface area (TPSA) is 237 Å². The highest BCUT2D eigenvalue weighted by Gasteiger charge is 2.30. The van der Waals surface area contributed by atoms with Crippen LogP contribution < -0.4 is 0 Å². The third-order valence-corrected chi connectivity index (χ3v) is 17.6. The van der Waals surface area contributed by atoms with Crippen LogP contribution >= 0.6 is 15.6 Å². The van der Waals surface area contributed by atoms with Gasteiger partial charge in [0, 0.05) is 25.7 Å². The number of rotatable bonds is 64. The van der Waals surface area contributed by atoms with Crippen molar-refractivity contribution in [1.82, 2.24) is 0 Å². The van der Waals surface area contributed by atoms with Crippen molar-refractivity contribution in [2.75, 3.05) is 39.6 Å². The van der Waals surface area contributed by atoms with E-state index in [1.54, 1.807) is 0 Å². The molecule has 0 amide bonds. The monoisotopic (exact) mass is 1270 g/mol. The lowest BCUT2D eigenvalue weighted by molar-refractivity contribution is -0.161. The molecule has 0 rings (SSSR count). The van der Waals surface area contributed by atoms with E-state index in [0.29, 0.717) is 31.6 Å².